The van der Waals surface area contributed by atoms with Gasteiger partial charge < -0.3 is 5.32 Å². The molecule has 0 saturated carbocycles. The zero-order valence-electron chi connectivity index (χ0n) is 9.64. The van der Waals surface area contributed by atoms with Crippen LogP contribution >= 0.6 is 11.6 Å². The van der Waals surface area contributed by atoms with Crippen LogP contribution in [-0.2, 0) is 0 Å². The normalized spacial score (nSPS) is 11.4. The summed E-state index contributed by atoms with van der Waals surface area (Å²) in [6.07, 6.45) is 5.47. The summed E-state index contributed by atoms with van der Waals surface area (Å²) in [7, 11) is 0. The van der Waals surface area contributed by atoms with E-state index in [-0.39, 0.29) is 22.3 Å². The lowest BCUT2D eigenvalue weighted by molar-refractivity contribution is -0.385. The van der Waals surface area contributed by atoms with Gasteiger partial charge in [0, 0.05) is 23.6 Å². The van der Waals surface area contributed by atoms with Crippen molar-refractivity contribution in [1.29, 1.82) is 0 Å². The highest BCUT2D eigenvalue weighted by molar-refractivity contribution is 6.31. The number of nitrogens with zero attached hydrogens (tertiary/aromatic N) is 1. The Labute approximate surface area is 109 Å². The lowest BCUT2D eigenvalue weighted by atomic mass is 10.1. The van der Waals surface area contributed by atoms with Crippen molar-refractivity contribution >= 4 is 23.2 Å². The fraction of sp³-hybridized carbons (Fsp3) is 0.250. The summed E-state index contributed by atoms with van der Waals surface area (Å²) in [5, 5.41) is 13.6. The Morgan fingerprint density at radius 3 is 2.89 bits per heavy atom. The third-order valence-electron chi connectivity index (χ3n) is 2.20. The van der Waals surface area contributed by atoms with Crippen molar-refractivity contribution in [1.82, 2.24) is 5.32 Å². The number of halogens is 1. The molecule has 0 aliphatic heterocycles. The van der Waals surface area contributed by atoms with Crippen LogP contribution in [0.3, 0.4) is 0 Å². The molecule has 5 nitrogen and oxygen atoms in total. The van der Waals surface area contributed by atoms with Crippen molar-refractivity contribution in [2.75, 3.05) is 0 Å². The summed E-state index contributed by atoms with van der Waals surface area (Å²) in [5.74, 6) is 1.86. The molecule has 94 valence electrons. The fourth-order valence-corrected chi connectivity index (χ4v) is 1.54. The van der Waals surface area contributed by atoms with Crippen LogP contribution in [0.25, 0.3) is 0 Å². The van der Waals surface area contributed by atoms with E-state index in [9.17, 15) is 14.9 Å². The monoisotopic (exact) mass is 266 g/mol. The predicted molar refractivity (Wildman–Crippen MR) is 68.5 cm³/mol. The molecule has 0 spiro atoms. The number of carbonyl (C=O) groups is 1. The zero-order valence-corrected chi connectivity index (χ0v) is 10.4. The van der Waals surface area contributed by atoms with Gasteiger partial charge >= 0.3 is 0 Å². The van der Waals surface area contributed by atoms with Crippen LogP contribution in [0.4, 0.5) is 5.69 Å². The van der Waals surface area contributed by atoms with Crippen LogP contribution in [0.15, 0.2) is 18.2 Å². The van der Waals surface area contributed by atoms with Gasteiger partial charge in [0.25, 0.3) is 11.6 Å². The first kappa shape index (κ1) is 14.0. The van der Waals surface area contributed by atoms with Crippen LogP contribution in [0.1, 0.15) is 23.7 Å². The minimum atomic E-state index is -0.646. The van der Waals surface area contributed by atoms with E-state index in [0.29, 0.717) is 6.42 Å². The van der Waals surface area contributed by atoms with Crippen LogP contribution < -0.4 is 5.32 Å². The molecule has 0 bridgehead atoms. The average molecular weight is 267 g/mol. The van der Waals surface area contributed by atoms with Gasteiger partial charge in [-0.05, 0) is 19.1 Å². The van der Waals surface area contributed by atoms with Gasteiger partial charge in [0.15, 0.2) is 0 Å². The van der Waals surface area contributed by atoms with Crippen LogP contribution in [-0.4, -0.2) is 16.9 Å². The average Bonchev–Trinajstić information content (AvgIpc) is 2.28. The molecular weight excluding hydrogens is 256 g/mol. The number of nitrogens with one attached hydrogen (secondary N) is 1. The molecule has 0 radical (unpaired) electrons. The predicted octanol–water partition coefficient (Wildman–Crippen LogP) is 2.39. The Balaban J connectivity index is 2.99. The lowest BCUT2D eigenvalue weighted by Gasteiger charge is -2.11. The van der Waals surface area contributed by atoms with Gasteiger partial charge in [-0.15, -0.1) is 12.3 Å². The summed E-state index contributed by atoms with van der Waals surface area (Å²) in [4.78, 5) is 22.0. The number of terminal acetylenes is 1. The largest absolute Gasteiger partial charge is 0.348 e. The van der Waals surface area contributed by atoms with E-state index in [1.807, 2.05) is 0 Å². The molecule has 1 aromatic carbocycles. The molecule has 0 fully saturated rings. The maximum absolute atomic E-state index is 11.8. The molecule has 1 amide bonds. The van der Waals surface area contributed by atoms with Crippen molar-refractivity contribution in [2.45, 2.75) is 19.4 Å². The Morgan fingerprint density at radius 2 is 2.33 bits per heavy atom. The fourth-order valence-electron chi connectivity index (χ4n) is 1.38. The number of hydrogen-bond donors (Lipinski definition) is 1. The van der Waals surface area contributed by atoms with Gasteiger partial charge in [0.05, 0.1) is 4.92 Å². The Bertz CT molecular complexity index is 523. The molecule has 0 aliphatic carbocycles. The van der Waals surface area contributed by atoms with E-state index in [1.165, 1.54) is 12.1 Å². The molecule has 1 unspecified atom stereocenters. The molecule has 18 heavy (non-hydrogen) atoms. The van der Waals surface area contributed by atoms with E-state index >= 15 is 0 Å². The minimum Gasteiger partial charge on any atom is -0.348 e. The molecule has 6 heteroatoms. The SMILES string of the molecule is C#CCC(C)NC(=O)c1ccc(Cl)cc1[N+](=O)[O-]. The van der Waals surface area contributed by atoms with Crippen molar-refractivity contribution in [3.63, 3.8) is 0 Å². The first-order chi connectivity index (χ1) is 8.45. The molecule has 1 rings (SSSR count). The summed E-state index contributed by atoms with van der Waals surface area (Å²) < 4.78 is 0. The zero-order chi connectivity index (χ0) is 13.7. The van der Waals surface area contributed by atoms with Gasteiger partial charge in [0.1, 0.15) is 5.56 Å². The summed E-state index contributed by atoms with van der Waals surface area (Å²) in [6, 6.07) is 3.63. The number of nitro groups is 1. The molecule has 1 atom stereocenters. The van der Waals surface area contributed by atoms with E-state index in [4.69, 9.17) is 18.0 Å². The Morgan fingerprint density at radius 1 is 1.67 bits per heavy atom. The van der Waals surface area contributed by atoms with Crippen molar-refractivity contribution in [3.05, 3.63) is 38.9 Å². The number of nitro benzene ring substituents is 1. The molecular formula is C12H11ClN2O3. The molecule has 0 aliphatic rings. The smallest absolute Gasteiger partial charge is 0.283 e. The highest BCUT2D eigenvalue weighted by Gasteiger charge is 2.21. The standard InChI is InChI=1S/C12H11ClN2O3/c1-3-4-8(2)14-12(16)10-6-5-9(13)7-11(10)15(17)18/h1,5-8H,4H2,2H3,(H,14,16). The molecule has 1 aromatic rings. The van der Waals surface area contributed by atoms with Crippen molar-refractivity contribution < 1.29 is 9.72 Å². The number of rotatable bonds is 4. The second-order valence-corrected chi connectivity index (χ2v) is 4.14. The Kier molecular flexibility index (Phi) is 4.69. The lowest BCUT2D eigenvalue weighted by Crippen LogP contribution is -2.32. The summed E-state index contributed by atoms with van der Waals surface area (Å²) in [5.41, 5.74) is -0.360. The van der Waals surface area contributed by atoms with Gasteiger partial charge in [-0.2, -0.15) is 0 Å². The van der Waals surface area contributed by atoms with E-state index < -0.39 is 10.8 Å². The Hall–Kier alpha value is -2.06. The molecule has 0 aromatic heterocycles. The molecule has 0 heterocycles. The van der Waals surface area contributed by atoms with Crippen LogP contribution in [0, 0.1) is 22.5 Å². The van der Waals surface area contributed by atoms with Crippen LogP contribution in [0.2, 0.25) is 5.02 Å². The third kappa shape index (κ3) is 3.47. The third-order valence-corrected chi connectivity index (χ3v) is 2.44. The van der Waals surface area contributed by atoms with Crippen molar-refractivity contribution in [3.8, 4) is 12.3 Å². The summed E-state index contributed by atoms with van der Waals surface area (Å²) >= 11 is 5.66. The first-order valence-corrected chi connectivity index (χ1v) is 5.51. The van der Waals surface area contributed by atoms with Crippen LogP contribution in [0.5, 0.6) is 0 Å². The van der Waals surface area contributed by atoms with E-state index in [0.717, 1.165) is 6.07 Å². The maximum Gasteiger partial charge on any atom is 0.283 e. The second kappa shape index (κ2) is 6.03. The first-order valence-electron chi connectivity index (χ1n) is 5.14. The van der Waals surface area contributed by atoms with Gasteiger partial charge in [-0.25, -0.2) is 0 Å². The van der Waals surface area contributed by atoms with E-state index in [1.54, 1.807) is 6.92 Å². The number of hydrogen-bond acceptors (Lipinski definition) is 3. The number of benzene rings is 1. The summed E-state index contributed by atoms with van der Waals surface area (Å²) in [6.45, 7) is 1.72. The topological polar surface area (TPSA) is 72.2 Å². The minimum absolute atomic E-state index is 0.0340. The van der Waals surface area contributed by atoms with Gasteiger partial charge in [0.2, 0.25) is 0 Å². The highest BCUT2D eigenvalue weighted by Crippen LogP contribution is 2.23. The number of carbonyl (C=O) groups excluding carboxylic acids is 1. The molecule has 0 saturated heterocycles. The van der Waals surface area contributed by atoms with Gasteiger partial charge in [-0.1, -0.05) is 11.6 Å². The van der Waals surface area contributed by atoms with E-state index in [2.05, 4.69) is 11.2 Å². The second-order valence-electron chi connectivity index (χ2n) is 3.70. The highest BCUT2D eigenvalue weighted by atomic mass is 35.5. The quantitative estimate of drug-likeness (QED) is 0.517. The number of amides is 1. The maximum atomic E-state index is 11.8. The van der Waals surface area contributed by atoms with Gasteiger partial charge in [-0.3, -0.25) is 14.9 Å². The van der Waals surface area contributed by atoms with Crippen molar-refractivity contribution in [2.24, 2.45) is 0 Å². The molecule has 1 N–H and O–H groups in total.